The molecular formula is C13H18Cl2N3O3+. The van der Waals surface area contributed by atoms with Crippen LogP contribution in [0.2, 0.25) is 10.0 Å². The summed E-state index contributed by atoms with van der Waals surface area (Å²) in [5.74, 6) is -1.71. The van der Waals surface area contributed by atoms with Crippen LogP contribution in [-0.4, -0.2) is 31.0 Å². The molecule has 1 atom stereocenters. The molecular weight excluding hydrogens is 317 g/mol. The second-order valence-electron chi connectivity index (χ2n) is 4.53. The zero-order valence-corrected chi connectivity index (χ0v) is 12.9. The normalized spacial score (nSPS) is 12.0. The molecule has 0 saturated carbocycles. The van der Waals surface area contributed by atoms with E-state index >= 15 is 0 Å². The van der Waals surface area contributed by atoms with Gasteiger partial charge in [0.2, 0.25) is 5.91 Å². The number of hydrogen-bond acceptors (Lipinski definition) is 3. The number of carboxylic acids is 1. The van der Waals surface area contributed by atoms with Gasteiger partial charge in [-0.1, -0.05) is 23.2 Å². The van der Waals surface area contributed by atoms with Gasteiger partial charge < -0.3 is 26.3 Å². The Morgan fingerprint density at radius 2 is 2.10 bits per heavy atom. The molecule has 0 aromatic heterocycles. The topological polar surface area (TPSA) is 113 Å². The molecule has 6 nitrogen and oxygen atoms in total. The molecule has 0 aliphatic carbocycles. The number of nitrogens with one attached hydrogen (secondary N) is 1. The van der Waals surface area contributed by atoms with Crippen molar-refractivity contribution >= 4 is 40.8 Å². The van der Waals surface area contributed by atoms with Crippen LogP contribution in [0.3, 0.4) is 0 Å². The van der Waals surface area contributed by atoms with E-state index in [1.807, 2.05) is 0 Å². The SMILES string of the molecule is [NH3+]CCC[NH2+][C@@H](CC(=O)Nc1ccc(Cl)cc1Cl)C(=O)[O-]. The van der Waals surface area contributed by atoms with Crippen LogP contribution in [0, 0.1) is 0 Å². The lowest BCUT2D eigenvalue weighted by Crippen LogP contribution is -2.93. The highest BCUT2D eigenvalue weighted by atomic mass is 35.5. The van der Waals surface area contributed by atoms with Crippen LogP contribution in [0.15, 0.2) is 18.2 Å². The van der Waals surface area contributed by atoms with Crippen molar-refractivity contribution < 1.29 is 25.7 Å². The van der Waals surface area contributed by atoms with Crippen molar-refractivity contribution in [3.63, 3.8) is 0 Å². The second-order valence-corrected chi connectivity index (χ2v) is 5.38. The van der Waals surface area contributed by atoms with Crippen molar-refractivity contribution in [2.45, 2.75) is 18.9 Å². The lowest BCUT2D eigenvalue weighted by Gasteiger charge is -2.16. The van der Waals surface area contributed by atoms with Crippen LogP contribution in [0.5, 0.6) is 0 Å². The van der Waals surface area contributed by atoms with Crippen LogP contribution >= 0.6 is 23.2 Å². The van der Waals surface area contributed by atoms with Crippen LogP contribution in [0.1, 0.15) is 12.8 Å². The lowest BCUT2D eigenvalue weighted by molar-refractivity contribution is -0.684. The Hall–Kier alpha value is -1.34. The van der Waals surface area contributed by atoms with Crippen molar-refractivity contribution in [3.8, 4) is 0 Å². The molecule has 0 unspecified atom stereocenters. The standard InChI is InChI=1S/C13H17Cl2N3O3/c14-8-2-3-10(9(15)6-8)18-12(19)7-11(13(20)21)17-5-1-4-16/h2-3,6,11,17H,1,4-5,7,16H2,(H,18,19)(H,20,21)/p+1/t11-/m0/s1. The first-order chi connectivity index (χ1) is 9.93. The third kappa shape index (κ3) is 6.31. The molecule has 0 heterocycles. The Labute approximate surface area is 132 Å². The molecule has 0 aliphatic heterocycles. The maximum absolute atomic E-state index is 11.9. The fourth-order valence-electron chi connectivity index (χ4n) is 1.72. The number of aliphatic carboxylic acids is 1. The minimum Gasteiger partial charge on any atom is -0.544 e. The number of benzene rings is 1. The van der Waals surface area contributed by atoms with Gasteiger partial charge >= 0.3 is 0 Å². The highest BCUT2D eigenvalue weighted by Gasteiger charge is 2.18. The first-order valence-corrected chi connectivity index (χ1v) is 7.28. The second kappa shape index (κ2) is 8.84. The zero-order chi connectivity index (χ0) is 15.8. The minimum atomic E-state index is -1.27. The molecule has 116 valence electrons. The summed E-state index contributed by atoms with van der Waals surface area (Å²) in [6, 6.07) is 3.71. The lowest BCUT2D eigenvalue weighted by atomic mass is 10.2. The number of hydrogen-bond donors (Lipinski definition) is 3. The van der Waals surface area contributed by atoms with Crippen molar-refractivity contribution in [2.75, 3.05) is 18.4 Å². The summed E-state index contributed by atoms with van der Waals surface area (Å²) < 4.78 is 0. The van der Waals surface area contributed by atoms with E-state index in [0.29, 0.717) is 28.8 Å². The molecule has 6 N–H and O–H groups in total. The maximum Gasteiger partial charge on any atom is 0.230 e. The van der Waals surface area contributed by atoms with Crippen molar-refractivity contribution in [2.24, 2.45) is 0 Å². The fraction of sp³-hybridized carbons (Fsp3) is 0.385. The molecule has 0 radical (unpaired) electrons. The number of carboxylic acid groups (broad SMARTS) is 1. The molecule has 1 aromatic rings. The average molecular weight is 335 g/mol. The number of carbonyl (C=O) groups excluding carboxylic acids is 2. The number of amides is 1. The van der Waals surface area contributed by atoms with Gasteiger partial charge in [-0.05, 0) is 18.2 Å². The fourth-order valence-corrected chi connectivity index (χ4v) is 2.17. The summed E-state index contributed by atoms with van der Waals surface area (Å²) in [5.41, 5.74) is 4.06. The van der Waals surface area contributed by atoms with Gasteiger partial charge in [0, 0.05) is 11.4 Å². The number of nitrogens with two attached hydrogens (primary N) is 1. The van der Waals surface area contributed by atoms with Crippen LogP contribution < -0.4 is 21.5 Å². The average Bonchev–Trinajstić information content (AvgIpc) is 2.41. The van der Waals surface area contributed by atoms with E-state index < -0.39 is 17.9 Å². The summed E-state index contributed by atoms with van der Waals surface area (Å²) in [7, 11) is 0. The van der Waals surface area contributed by atoms with Crippen molar-refractivity contribution in [3.05, 3.63) is 28.2 Å². The molecule has 1 rings (SSSR count). The van der Waals surface area contributed by atoms with Gasteiger partial charge in [-0.15, -0.1) is 0 Å². The molecule has 0 spiro atoms. The number of anilines is 1. The zero-order valence-electron chi connectivity index (χ0n) is 11.4. The quantitative estimate of drug-likeness (QED) is 0.510. The largest absolute Gasteiger partial charge is 0.544 e. The Kier molecular flexibility index (Phi) is 7.45. The van der Waals surface area contributed by atoms with Crippen molar-refractivity contribution in [1.82, 2.24) is 0 Å². The summed E-state index contributed by atoms with van der Waals surface area (Å²) in [6.07, 6.45) is 0.576. The summed E-state index contributed by atoms with van der Waals surface area (Å²) in [5, 5.41) is 15.9. The Morgan fingerprint density at radius 1 is 1.38 bits per heavy atom. The molecule has 8 heteroatoms. The van der Waals surface area contributed by atoms with Gasteiger partial charge in [0.25, 0.3) is 0 Å². The van der Waals surface area contributed by atoms with E-state index in [1.165, 1.54) is 6.07 Å². The predicted molar refractivity (Wildman–Crippen MR) is 77.7 cm³/mol. The predicted octanol–water partition coefficient (Wildman–Crippen LogP) is -1.36. The number of halogens is 2. The van der Waals surface area contributed by atoms with Crippen LogP contribution in [-0.2, 0) is 9.59 Å². The molecule has 0 saturated heterocycles. The van der Waals surface area contributed by atoms with E-state index in [4.69, 9.17) is 23.2 Å². The number of carbonyl (C=O) groups is 2. The summed E-state index contributed by atoms with van der Waals surface area (Å²) in [4.78, 5) is 22.9. The monoisotopic (exact) mass is 334 g/mol. The third-order valence-corrected chi connectivity index (χ3v) is 3.37. The van der Waals surface area contributed by atoms with Crippen LogP contribution in [0.4, 0.5) is 5.69 Å². The van der Waals surface area contributed by atoms with Gasteiger partial charge in [0.1, 0.15) is 6.04 Å². The molecule has 0 aliphatic rings. The molecule has 0 fully saturated rings. The summed E-state index contributed by atoms with van der Waals surface area (Å²) >= 11 is 11.7. The van der Waals surface area contributed by atoms with E-state index in [2.05, 4.69) is 11.1 Å². The smallest absolute Gasteiger partial charge is 0.230 e. The van der Waals surface area contributed by atoms with Crippen LogP contribution in [0.25, 0.3) is 0 Å². The van der Waals surface area contributed by atoms with Crippen molar-refractivity contribution in [1.29, 1.82) is 0 Å². The maximum atomic E-state index is 11.9. The summed E-state index contributed by atoms with van der Waals surface area (Å²) in [6.45, 7) is 1.29. The molecule has 1 aromatic carbocycles. The van der Waals surface area contributed by atoms with Gasteiger partial charge in [0.15, 0.2) is 0 Å². The van der Waals surface area contributed by atoms with E-state index in [-0.39, 0.29) is 6.42 Å². The third-order valence-electron chi connectivity index (χ3n) is 2.82. The molecule has 21 heavy (non-hydrogen) atoms. The number of rotatable bonds is 8. The Balaban J connectivity index is 2.59. The van der Waals surface area contributed by atoms with Gasteiger partial charge in [-0.2, -0.15) is 0 Å². The van der Waals surface area contributed by atoms with E-state index in [1.54, 1.807) is 17.4 Å². The first-order valence-electron chi connectivity index (χ1n) is 6.52. The van der Waals surface area contributed by atoms with E-state index in [0.717, 1.165) is 6.42 Å². The first kappa shape index (κ1) is 17.7. The Morgan fingerprint density at radius 3 is 2.67 bits per heavy atom. The highest BCUT2D eigenvalue weighted by molar-refractivity contribution is 6.36. The Bertz CT molecular complexity index is 511. The van der Waals surface area contributed by atoms with E-state index in [9.17, 15) is 14.7 Å². The van der Waals surface area contributed by atoms with Gasteiger partial charge in [-0.25, -0.2) is 0 Å². The van der Waals surface area contributed by atoms with Gasteiger partial charge in [-0.3, -0.25) is 4.79 Å². The molecule has 1 amide bonds. The highest BCUT2D eigenvalue weighted by Crippen LogP contribution is 2.25. The molecule has 0 bridgehead atoms. The minimum absolute atomic E-state index is 0.196. The number of quaternary nitrogens is 2. The van der Waals surface area contributed by atoms with Gasteiger partial charge in [0.05, 0.1) is 36.2 Å².